The number of nitrogens with zero attached hydrogens (tertiary/aromatic N) is 9. The first kappa shape index (κ1) is 44.7. The number of nitrogens with one attached hydrogen (secondary N) is 2. The van der Waals surface area contributed by atoms with E-state index >= 15 is 4.39 Å². The minimum atomic E-state index is -4.03. The minimum Gasteiger partial charge on any atom is -0.453 e. The fourth-order valence-corrected chi connectivity index (χ4v) is 10.4. The highest BCUT2D eigenvalue weighted by atomic mass is 32.2. The number of anilines is 2. The molecule has 4 amide bonds. The summed E-state index contributed by atoms with van der Waals surface area (Å²) in [6.45, 7) is 5.34. The zero-order valence-corrected chi connectivity index (χ0v) is 37.6. The Balaban J connectivity index is 0.795. The molecule has 1 spiro atoms. The van der Waals surface area contributed by atoms with Crippen molar-refractivity contribution < 1.29 is 36.7 Å². The monoisotopic (exact) mass is 923 g/mol. The number of amides is 4. The van der Waals surface area contributed by atoms with Gasteiger partial charge < -0.3 is 14.4 Å². The quantitative estimate of drug-likeness (QED) is 0.189. The number of nitriles is 1. The van der Waals surface area contributed by atoms with Crippen molar-refractivity contribution in [3.8, 4) is 17.6 Å². The largest absolute Gasteiger partial charge is 0.453 e. The topological polar surface area (TPSA) is 217 Å². The molecule has 2 aromatic heterocycles. The number of likely N-dealkylation sites (tertiary alicyclic amines) is 2. The van der Waals surface area contributed by atoms with E-state index in [1.807, 2.05) is 24.1 Å². The molecule has 6 heterocycles. The van der Waals surface area contributed by atoms with E-state index in [4.69, 9.17) is 9.47 Å². The zero-order valence-electron chi connectivity index (χ0n) is 36.8. The molecule has 4 fully saturated rings. The number of carbonyl (C=O) groups is 3. The lowest BCUT2D eigenvalue weighted by Crippen LogP contribution is -2.50. The van der Waals surface area contributed by atoms with Gasteiger partial charge in [-0.25, -0.2) is 14.2 Å². The molecular weight excluding hydrogens is 874 g/mol. The van der Waals surface area contributed by atoms with E-state index in [-0.39, 0.29) is 71.9 Å². The number of urea groups is 1. The van der Waals surface area contributed by atoms with Crippen LogP contribution in [0, 0.1) is 17.1 Å². The standard InChI is InChI=1S/C45H50FN11O8S/c1-4-52(2)66(62,63)51-37-10-8-35(46)41(34(37)24-47)65-31-6-9-36-33(22-31)43(60)57(27-48-36)30-23-45(64-26-30)14-19-55(20-15-45)40(59)25-54-16-11-28(12-17-54)29-5-7-32-38(21-29)53(3)50-42(32)56-18-13-39(58)49-44(56)61/h5-10,21-22,27-28,30,51H,4,11-20,23,25-26H2,1-3H3,(H,49,58,61). The molecule has 1 atom stereocenters. The predicted molar refractivity (Wildman–Crippen MR) is 241 cm³/mol. The summed E-state index contributed by atoms with van der Waals surface area (Å²) in [6, 6.07) is 13.9. The number of carbonyl (C=O) groups excluding carboxylic acids is 3. The number of piperidine rings is 2. The molecule has 9 rings (SSSR count). The number of halogens is 1. The van der Waals surface area contributed by atoms with Crippen molar-refractivity contribution in [3.63, 3.8) is 0 Å². The maximum atomic E-state index is 15.1. The molecule has 4 aliphatic rings. The van der Waals surface area contributed by atoms with Crippen LogP contribution in [-0.4, -0.2) is 125 Å². The molecular formula is C45H50FN11O8S. The van der Waals surface area contributed by atoms with Crippen molar-refractivity contribution >= 4 is 61.4 Å². The average molecular weight is 924 g/mol. The van der Waals surface area contributed by atoms with Crippen LogP contribution in [0.15, 0.2) is 59.7 Å². The summed E-state index contributed by atoms with van der Waals surface area (Å²) in [5.74, 6) is -0.714. The maximum absolute atomic E-state index is 15.1. The van der Waals surface area contributed by atoms with Crippen LogP contribution in [0.1, 0.15) is 68.5 Å². The zero-order chi connectivity index (χ0) is 46.5. The van der Waals surface area contributed by atoms with E-state index < -0.39 is 33.4 Å². The number of imide groups is 1. The van der Waals surface area contributed by atoms with Crippen molar-refractivity contribution in [3.05, 3.63) is 82.2 Å². The smallest absolute Gasteiger partial charge is 0.329 e. The molecule has 2 N–H and O–H groups in total. The molecule has 346 valence electrons. The lowest BCUT2D eigenvalue weighted by Gasteiger charge is -2.40. The van der Waals surface area contributed by atoms with E-state index in [0.717, 1.165) is 53.3 Å². The summed E-state index contributed by atoms with van der Waals surface area (Å²) in [6.07, 6.45) is 5.31. The van der Waals surface area contributed by atoms with Crippen molar-refractivity contribution in [1.29, 1.82) is 5.26 Å². The third-order valence-electron chi connectivity index (χ3n) is 13.5. The Morgan fingerprint density at radius 2 is 1.83 bits per heavy atom. The molecule has 0 aliphatic carbocycles. The minimum absolute atomic E-state index is 0.0468. The highest BCUT2D eigenvalue weighted by Gasteiger charge is 2.44. The molecule has 4 aliphatic heterocycles. The average Bonchev–Trinajstić information content (AvgIpc) is 3.87. The number of ether oxygens (including phenoxy) is 2. The first-order chi connectivity index (χ1) is 31.7. The van der Waals surface area contributed by atoms with Gasteiger partial charge in [0.25, 0.3) is 5.56 Å². The Morgan fingerprint density at radius 3 is 2.56 bits per heavy atom. The Labute approximate surface area is 379 Å². The van der Waals surface area contributed by atoms with Crippen LogP contribution in [0.2, 0.25) is 0 Å². The van der Waals surface area contributed by atoms with Crippen molar-refractivity contribution in [2.45, 2.75) is 63.0 Å². The van der Waals surface area contributed by atoms with Crippen LogP contribution < -0.4 is 25.2 Å². The van der Waals surface area contributed by atoms with Crippen LogP contribution in [0.5, 0.6) is 11.5 Å². The Bertz CT molecular complexity index is 2970. The van der Waals surface area contributed by atoms with Crippen molar-refractivity contribution in [2.75, 3.05) is 69.1 Å². The van der Waals surface area contributed by atoms with Gasteiger partial charge in [0, 0.05) is 52.1 Å². The predicted octanol–water partition coefficient (Wildman–Crippen LogP) is 4.34. The lowest BCUT2D eigenvalue weighted by molar-refractivity contribution is -0.137. The summed E-state index contributed by atoms with van der Waals surface area (Å²) >= 11 is 0. The molecule has 66 heavy (non-hydrogen) atoms. The fourth-order valence-electron chi connectivity index (χ4n) is 9.50. The van der Waals surface area contributed by atoms with Crippen LogP contribution >= 0.6 is 0 Å². The third kappa shape index (κ3) is 8.56. The molecule has 0 bridgehead atoms. The number of hydrogen-bond donors (Lipinski definition) is 2. The van der Waals surface area contributed by atoms with Gasteiger partial charge in [-0.2, -0.15) is 23.1 Å². The van der Waals surface area contributed by atoms with Crippen molar-refractivity contribution in [2.24, 2.45) is 7.05 Å². The van der Waals surface area contributed by atoms with E-state index in [2.05, 4.69) is 37.2 Å². The third-order valence-corrected chi connectivity index (χ3v) is 15.0. The molecule has 19 nitrogen and oxygen atoms in total. The van der Waals surface area contributed by atoms with Gasteiger partial charge in [0.1, 0.15) is 17.4 Å². The van der Waals surface area contributed by atoms with Gasteiger partial charge in [0.05, 0.1) is 53.2 Å². The molecule has 0 saturated carbocycles. The maximum Gasteiger partial charge on any atom is 0.329 e. The Hall–Kier alpha value is -6.47. The van der Waals surface area contributed by atoms with Crippen molar-refractivity contribution in [1.82, 2.24) is 38.8 Å². The van der Waals surface area contributed by atoms with Gasteiger partial charge in [-0.1, -0.05) is 13.0 Å². The Kier molecular flexibility index (Phi) is 12.0. The highest BCUT2D eigenvalue weighted by molar-refractivity contribution is 7.90. The number of hydrogen-bond acceptors (Lipinski definition) is 12. The van der Waals surface area contributed by atoms with Gasteiger partial charge in [-0.3, -0.25) is 43.5 Å². The summed E-state index contributed by atoms with van der Waals surface area (Å²) in [5.41, 5.74) is 1.09. The second-order valence-corrected chi connectivity index (χ2v) is 19.2. The van der Waals surface area contributed by atoms with E-state index in [0.29, 0.717) is 56.1 Å². The molecule has 3 aromatic carbocycles. The van der Waals surface area contributed by atoms with Gasteiger partial charge >= 0.3 is 16.2 Å². The van der Waals surface area contributed by atoms with Gasteiger partial charge in [-0.05, 0) is 99.1 Å². The van der Waals surface area contributed by atoms with E-state index in [1.165, 1.54) is 40.5 Å². The number of aryl methyl sites for hydroxylation is 1. The number of rotatable bonds is 11. The second kappa shape index (κ2) is 17.7. The van der Waals surface area contributed by atoms with Crippen LogP contribution in [0.4, 0.5) is 20.7 Å². The highest BCUT2D eigenvalue weighted by Crippen LogP contribution is 2.41. The fraction of sp³-hybridized carbons (Fsp3) is 0.444. The summed E-state index contributed by atoms with van der Waals surface area (Å²) in [4.78, 5) is 61.9. The van der Waals surface area contributed by atoms with Gasteiger partial charge in [-0.15, -0.1) is 0 Å². The Morgan fingerprint density at radius 1 is 1.06 bits per heavy atom. The van der Waals surface area contributed by atoms with Crippen LogP contribution in [-0.2, 0) is 31.6 Å². The molecule has 5 aromatic rings. The molecule has 4 saturated heterocycles. The van der Waals surface area contributed by atoms with E-state index in [1.54, 1.807) is 17.7 Å². The number of aromatic nitrogens is 4. The molecule has 0 radical (unpaired) electrons. The number of fused-ring (bicyclic) bond motifs is 2. The molecule has 1 unspecified atom stereocenters. The SMILES string of the molecule is CCN(C)S(=O)(=O)Nc1ccc(F)c(Oc2ccc3ncn(C4COC5(CCN(C(=O)CN6CCC(c7ccc8c(N9CCC(=O)NC9=O)nn(C)c8c7)CC6)CC5)C4)c(=O)c3c2)c1C#N. The first-order valence-electron chi connectivity index (χ1n) is 22.0. The van der Waals surface area contributed by atoms with Crippen LogP contribution in [0.25, 0.3) is 21.8 Å². The van der Waals surface area contributed by atoms with E-state index in [9.17, 15) is 32.9 Å². The van der Waals surface area contributed by atoms with Gasteiger partial charge in [0.15, 0.2) is 17.4 Å². The summed E-state index contributed by atoms with van der Waals surface area (Å²) in [5, 5.41) is 18.0. The summed E-state index contributed by atoms with van der Waals surface area (Å²) in [7, 11) is -0.819. The van der Waals surface area contributed by atoms with Gasteiger partial charge in [0.2, 0.25) is 11.8 Å². The normalized spacial score (nSPS) is 19.5. The second-order valence-electron chi connectivity index (χ2n) is 17.4. The molecule has 21 heteroatoms. The lowest BCUT2D eigenvalue weighted by atomic mass is 9.87. The summed E-state index contributed by atoms with van der Waals surface area (Å²) < 4.78 is 59.4. The number of benzene rings is 3. The van der Waals surface area contributed by atoms with Crippen LogP contribution in [0.3, 0.4) is 0 Å². The first-order valence-corrected chi connectivity index (χ1v) is 23.5.